The zero-order chi connectivity index (χ0) is 11.1. The zero-order valence-corrected chi connectivity index (χ0v) is 10.3. The van der Waals surface area contributed by atoms with E-state index in [1.807, 2.05) is 0 Å². The average Bonchev–Trinajstić information content (AvgIpc) is 2.63. The number of hydrogen-bond donors (Lipinski definition) is 1. The normalized spacial score (nSPS) is 61.0. The van der Waals surface area contributed by atoms with Gasteiger partial charge >= 0.3 is 0 Å². The van der Waals surface area contributed by atoms with Gasteiger partial charge in [0.2, 0.25) is 0 Å². The summed E-state index contributed by atoms with van der Waals surface area (Å²) in [6.07, 6.45) is 4.09. The van der Waals surface area contributed by atoms with Crippen molar-refractivity contribution in [1.82, 2.24) is 0 Å². The molecule has 0 radical (unpaired) electrons. The Bertz CT molecular complexity index is 324. The fraction of sp³-hybridized carbons (Fsp3) is 1.00. The standard InChI is InChI=1S/C13H22O2/c1-10(2)6-5-9(14)12(4)11(3)7-8-13(10,12)15-11/h9,14H,5-8H2,1-4H3. The maximum atomic E-state index is 10.4. The van der Waals surface area contributed by atoms with Crippen LogP contribution in [0.4, 0.5) is 0 Å². The van der Waals surface area contributed by atoms with E-state index < -0.39 is 0 Å². The van der Waals surface area contributed by atoms with Crippen LogP contribution in [0.1, 0.15) is 53.4 Å². The number of ether oxygens (including phenoxy) is 1. The lowest BCUT2D eigenvalue weighted by molar-refractivity contribution is -0.398. The van der Waals surface area contributed by atoms with E-state index >= 15 is 0 Å². The molecule has 15 heavy (non-hydrogen) atoms. The second kappa shape index (κ2) is 2.28. The van der Waals surface area contributed by atoms with Crippen molar-refractivity contribution in [2.75, 3.05) is 0 Å². The first kappa shape index (κ1) is 10.1. The predicted molar refractivity (Wildman–Crippen MR) is 58.6 cm³/mol. The summed E-state index contributed by atoms with van der Waals surface area (Å²) in [6.45, 7) is 9.04. The Morgan fingerprint density at radius 3 is 2.27 bits per heavy atom. The number of aliphatic hydroxyl groups is 1. The summed E-state index contributed by atoms with van der Waals surface area (Å²) in [5.74, 6) is 0. The summed E-state index contributed by atoms with van der Waals surface area (Å²) < 4.78 is 6.26. The Balaban J connectivity index is 2.13. The first-order chi connectivity index (χ1) is 6.79. The smallest absolute Gasteiger partial charge is 0.0847 e. The molecule has 4 atom stereocenters. The molecule has 0 aromatic rings. The van der Waals surface area contributed by atoms with Gasteiger partial charge in [-0.25, -0.2) is 0 Å². The van der Waals surface area contributed by atoms with E-state index in [1.165, 1.54) is 0 Å². The monoisotopic (exact) mass is 210 g/mol. The molecule has 2 saturated heterocycles. The molecule has 4 unspecified atom stereocenters. The van der Waals surface area contributed by atoms with Gasteiger partial charge in [0.05, 0.1) is 22.7 Å². The van der Waals surface area contributed by atoms with Crippen molar-refractivity contribution in [3.63, 3.8) is 0 Å². The molecule has 4 aliphatic rings. The summed E-state index contributed by atoms with van der Waals surface area (Å²) in [4.78, 5) is 0. The van der Waals surface area contributed by atoms with Gasteiger partial charge in [-0.05, 0) is 38.0 Å². The first-order valence-electron chi connectivity index (χ1n) is 6.17. The summed E-state index contributed by atoms with van der Waals surface area (Å²) in [7, 11) is 0. The van der Waals surface area contributed by atoms with Crippen LogP contribution >= 0.6 is 0 Å². The summed E-state index contributed by atoms with van der Waals surface area (Å²) in [5, 5.41) is 10.4. The lowest BCUT2D eigenvalue weighted by Crippen LogP contribution is -2.78. The lowest BCUT2D eigenvalue weighted by atomic mass is 9.47. The lowest BCUT2D eigenvalue weighted by Gasteiger charge is -2.71. The van der Waals surface area contributed by atoms with Crippen molar-refractivity contribution in [2.45, 2.75) is 70.7 Å². The van der Waals surface area contributed by atoms with Gasteiger partial charge in [0, 0.05) is 0 Å². The number of fused-ring (bicyclic) bond motifs is 1. The zero-order valence-electron chi connectivity index (χ0n) is 10.3. The molecule has 2 saturated carbocycles. The third-order valence-electron chi connectivity index (χ3n) is 6.09. The highest BCUT2D eigenvalue weighted by molar-refractivity contribution is 5.30. The molecule has 2 aliphatic heterocycles. The van der Waals surface area contributed by atoms with Gasteiger partial charge in [-0.2, -0.15) is 0 Å². The van der Waals surface area contributed by atoms with E-state index in [-0.39, 0.29) is 28.1 Å². The largest absolute Gasteiger partial charge is 0.392 e. The van der Waals surface area contributed by atoms with Crippen molar-refractivity contribution in [3.05, 3.63) is 0 Å². The van der Waals surface area contributed by atoms with E-state index in [2.05, 4.69) is 27.7 Å². The second-order valence-corrected chi connectivity index (χ2v) is 6.80. The Labute approximate surface area is 92.0 Å². The summed E-state index contributed by atoms with van der Waals surface area (Å²) in [5.41, 5.74) is 0.0925. The molecule has 2 heteroatoms. The van der Waals surface area contributed by atoms with Gasteiger partial charge in [0.25, 0.3) is 0 Å². The Morgan fingerprint density at radius 2 is 1.73 bits per heavy atom. The molecule has 0 aromatic carbocycles. The van der Waals surface area contributed by atoms with Crippen LogP contribution in [0.25, 0.3) is 0 Å². The van der Waals surface area contributed by atoms with Crippen molar-refractivity contribution in [3.8, 4) is 0 Å². The number of rotatable bonds is 0. The van der Waals surface area contributed by atoms with Crippen LogP contribution < -0.4 is 0 Å². The minimum Gasteiger partial charge on any atom is -0.392 e. The van der Waals surface area contributed by atoms with Gasteiger partial charge < -0.3 is 9.84 Å². The Morgan fingerprint density at radius 1 is 1.07 bits per heavy atom. The highest BCUT2D eigenvalue weighted by Gasteiger charge is 2.82. The molecule has 1 N–H and O–H groups in total. The molecule has 4 fully saturated rings. The minimum absolute atomic E-state index is 0.0122. The fourth-order valence-electron chi connectivity index (χ4n) is 4.80. The van der Waals surface area contributed by atoms with Crippen LogP contribution in [-0.2, 0) is 4.74 Å². The SMILES string of the molecule is CC1(C)CCC(O)C2(C)C3(C)CCC12O3. The molecule has 2 heterocycles. The van der Waals surface area contributed by atoms with Crippen LogP contribution in [0.5, 0.6) is 0 Å². The minimum atomic E-state index is -0.174. The predicted octanol–water partition coefficient (Wildman–Crippen LogP) is 2.50. The molecule has 2 bridgehead atoms. The van der Waals surface area contributed by atoms with Gasteiger partial charge in [0.1, 0.15) is 0 Å². The van der Waals surface area contributed by atoms with Crippen LogP contribution in [0.15, 0.2) is 0 Å². The van der Waals surface area contributed by atoms with E-state index in [0.717, 1.165) is 25.7 Å². The summed E-state index contributed by atoms with van der Waals surface area (Å²) in [6, 6.07) is 0. The maximum Gasteiger partial charge on any atom is 0.0847 e. The summed E-state index contributed by atoms with van der Waals surface area (Å²) >= 11 is 0. The highest BCUT2D eigenvalue weighted by atomic mass is 16.6. The average molecular weight is 210 g/mol. The molecule has 86 valence electrons. The van der Waals surface area contributed by atoms with Crippen molar-refractivity contribution in [1.29, 1.82) is 0 Å². The second-order valence-electron chi connectivity index (χ2n) is 6.80. The van der Waals surface area contributed by atoms with Crippen LogP contribution in [0.3, 0.4) is 0 Å². The first-order valence-corrected chi connectivity index (χ1v) is 6.17. The fourth-order valence-corrected chi connectivity index (χ4v) is 4.80. The number of aliphatic hydroxyl groups excluding tert-OH is 1. The highest BCUT2D eigenvalue weighted by Crippen LogP contribution is 2.76. The van der Waals surface area contributed by atoms with Crippen LogP contribution in [-0.4, -0.2) is 22.4 Å². The van der Waals surface area contributed by atoms with Gasteiger partial charge in [0.15, 0.2) is 0 Å². The van der Waals surface area contributed by atoms with Crippen LogP contribution in [0.2, 0.25) is 0 Å². The topological polar surface area (TPSA) is 29.5 Å². The maximum absolute atomic E-state index is 10.4. The van der Waals surface area contributed by atoms with Crippen molar-refractivity contribution >= 4 is 0 Å². The molecule has 1 spiro atoms. The Kier molecular flexibility index (Phi) is 1.54. The third kappa shape index (κ3) is 0.734. The van der Waals surface area contributed by atoms with E-state index in [4.69, 9.17) is 4.74 Å². The Hall–Kier alpha value is -0.0800. The van der Waals surface area contributed by atoms with Gasteiger partial charge in [-0.1, -0.05) is 20.8 Å². The molecule has 4 rings (SSSR count). The third-order valence-corrected chi connectivity index (χ3v) is 6.09. The number of hydrogen-bond acceptors (Lipinski definition) is 2. The van der Waals surface area contributed by atoms with Gasteiger partial charge in [-0.15, -0.1) is 0 Å². The quantitative estimate of drug-likeness (QED) is 0.665. The molecule has 0 aromatic heterocycles. The van der Waals surface area contributed by atoms with Crippen molar-refractivity contribution < 1.29 is 9.84 Å². The van der Waals surface area contributed by atoms with E-state index in [9.17, 15) is 5.11 Å². The molecule has 2 nitrogen and oxygen atoms in total. The van der Waals surface area contributed by atoms with Crippen molar-refractivity contribution in [2.24, 2.45) is 10.8 Å². The molecular formula is C13H22O2. The molecular weight excluding hydrogens is 188 g/mol. The van der Waals surface area contributed by atoms with Gasteiger partial charge in [-0.3, -0.25) is 0 Å². The molecule has 0 amide bonds. The van der Waals surface area contributed by atoms with E-state index in [0.29, 0.717) is 0 Å². The van der Waals surface area contributed by atoms with Crippen LogP contribution in [0, 0.1) is 10.8 Å². The van der Waals surface area contributed by atoms with E-state index in [1.54, 1.807) is 0 Å². The molecule has 2 aliphatic carbocycles.